The molecule has 4 nitrogen and oxygen atoms in total. The third-order valence-electron chi connectivity index (χ3n) is 2.66. The van der Waals surface area contributed by atoms with E-state index in [4.69, 9.17) is 5.73 Å². The molecule has 0 saturated carbocycles. The Hall–Kier alpha value is -0.890. The van der Waals surface area contributed by atoms with Crippen molar-refractivity contribution in [3.63, 3.8) is 0 Å². The van der Waals surface area contributed by atoms with Gasteiger partial charge in [0.1, 0.15) is 0 Å². The monoisotopic (exact) mass is 354 g/mol. The summed E-state index contributed by atoms with van der Waals surface area (Å²) in [5.41, 5.74) is 6.74. The largest absolute Gasteiger partial charge is 0.329 e. The van der Waals surface area contributed by atoms with Crippen molar-refractivity contribution in [2.24, 2.45) is 5.73 Å². The zero-order valence-electron chi connectivity index (χ0n) is 9.86. The van der Waals surface area contributed by atoms with Gasteiger partial charge in [0.2, 0.25) is 0 Å². The molecule has 0 fully saturated rings. The highest BCUT2D eigenvalue weighted by atomic mass is 79.9. The smallest absolute Gasteiger partial charge is 0.196 e. The van der Waals surface area contributed by atoms with Crippen molar-refractivity contribution in [1.82, 2.24) is 14.6 Å². The Morgan fingerprint density at radius 3 is 2.95 bits per heavy atom. The number of nitrogens with zero attached hydrogens (tertiary/aromatic N) is 3. The summed E-state index contributed by atoms with van der Waals surface area (Å²) in [6, 6.07) is 10.0. The van der Waals surface area contributed by atoms with Gasteiger partial charge in [0.25, 0.3) is 0 Å². The van der Waals surface area contributed by atoms with Crippen LogP contribution in [0.4, 0.5) is 0 Å². The lowest BCUT2D eigenvalue weighted by atomic mass is 10.3. The van der Waals surface area contributed by atoms with E-state index in [-0.39, 0.29) is 5.25 Å². The maximum absolute atomic E-state index is 5.89. The number of thioether (sulfide) groups is 1. The molecule has 3 rings (SSSR count). The Balaban J connectivity index is 1.90. The first-order valence-electron chi connectivity index (χ1n) is 5.69. The summed E-state index contributed by atoms with van der Waals surface area (Å²) in [6.45, 7) is 0.569. The van der Waals surface area contributed by atoms with E-state index in [2.05, 4.69) is 32.2 Å². The Bertz CT molecular complexity index is 694. The van der Waals surface area contributed by atoms with Gasteiger partial charge >= 0.3 is 0 Å². The number of hydrogen-bond acceptors (Lipinski definition) is 5. The molecule has 3 heterocycles. The molecule has 0 aromatic carbocycles. The fourth-order valence-electron chi connectivity index (χ4n) is 1.75. The van der Waals surface area contributed by atoms with Crippen LogP contribution in [-0.2, 0) is 0 Å². The molecule has 0 amide bonds. The number of halogens is 1. The van der Waals surface area contributed by atoms with Gasteiger partial charge < -0.3 is 5.73 Å². The van der Waals surface area contributed by atoms with E-state index >= 15 is 0 Å². The first-order chi connectivity index (χ1) is 9.28. The second kappa shape index (κ2) is 5.62. The zero-order valence-corrected chi connectivity index (χ0v) is 13.1. The maximum Gasteiger partial charge on any atom is 0.196 e. The van der Waals surface area contributed by atoms with E-state index < -0.39 is 0 Å². The number of rotatable bonds is 4. The van der Waals surface area contributed by atoms with E-state index in [0.29, 0.717) is 6.54 Å². The van der Waals surface area contributed by atoms with Gasteiger partial charge in [0.05, 0.1) is 9.04 Å². The lowest BCUT2D eigenvalue weighted by molar-refractivity contribution is 0.894. The Labute approximate surface area is 127 Å². The third-order valence-corrected chi connectivity index (χ3v) is 5.76. The molecule has 0 spiro atoms. The average Bonchev–Trinajstić information content (AvgIpc) is 3.03. The molecular formula is C12H11BrN4S2. The molecule has 0 aliphatic rings. The molecule has 0 saturated heterocycles. The number of hydrogen-bond donors (Lipinski definition) is 1. The Kier molecular flexibility index (Phi) is 3.88. The predicted octanol–water partition coefficient (Wildman–Crippen LogP) is 3.35. The molecule has 0 radical (unpaired) electrons. The third kappa shape index (κ3) is 2.69. The van der Waals surface area contributed by atoms with E-state index in [1.165, 1.54) is 4.88 Å². The van der Waals surface area contributed by atoms with Crippen molar-refractivity contribution >= 4 is 44.7 Å². The zero-order chi connectivity index (χ0) is 13.2. The van der Waals surface area contributed by atoms with Crippen molar-refractivity contribution < 1.29 is 0 Å². The summed E-state index contributed by atoms with van der Waals surface area (Å²) in [5, 5.41) is 9.45. The fraction of sp³-hybridized carbons (Fsp3) is 0.167. The predicted molar refractivity (Wildman–Crippen MR) is 82.7 cm³/mol. The molecule has 0 aliphatic carbocycles. The highest BCUT2D eigenvalue weighted by Gasteiger charge is 2.17. The SMILES string of the molecule is NCC(Sc1nnc2ccccn12)c1ccc(Br)s1. The summed E-state index contributed by atoms with van der Waals surface area (Å²) in [4.78, 5) is 1.24. The van der Waals surface area contributed by atoms with E-state index in [9.17, 15) is 0 Å². The van der Waals surface area contributed by atoms with Crippen molar-refractivity contribution in [3.8, 4) is 0 Å². The first kappa shape index (κ1) is 13.1. The van der Waals surface area contributed by atoms with Crippen LogP contribution in [0.3, 0.4) is 0 Å². The molecule has 0 bridgehead atoms. The van der Waals surface area contributed by atoms with Crippen LogP contribution >= 0.6 is 39.0 Å². The average molecular weight is 355 g/mol. The standard InChI is InChI=1S/C12H11BrN4S2/c13-10-5-4-8(18-10)9(7-14)19-12-16-15-11-3-1-2-6-17(11)12/h1-6,9H,7,14H2. The number of aromatic nitrogens is 3. The van der Waals surface area contributed by atoms with Crippen LogP contribution in [0.1, 0.15) is 10.1 Å². The van der Waals surface area contributed by atoms with Gasteiger partial charge in [0.15, 0.2) is 10.8 Å². The van der Waals surface area contributed by atoms with Gasteiger partial charge in [-0.05, 0) is 40.2 Å². The summed E-state index contributed by atoms with van der Waals surface area (Å²) in [7, 11) is 0. The van der Waals surface area contributed by atoms with E-state index in [0.717, 1.165) is 14.6 Å². The molecule has 1 atom stereocenters. The highest BCUT2D eigenvalue weighted by Crippen LogP contribution is 2.38. The molecule has 0 aliphatic heterocycles. The van der Waals surface area contributed by atoms with Gasteiger partial charge in [-0.1, -0.05) is 17.8 Å². The normalized spacial score (nSPS) is 12.9. The molecule has 19 heavy (non-hydrogen) atoms. The second-order valence-corrected chi connectivity index (χ2v) is 7.56. The molecule has 3 aromatic rings. The lowest BCUT2D eigenvalue weighted by Crippen LogP contribution is -2.08. The summed E-state index contributed by atoms with van der Waals surface area (Å²) in [5.74, 6) is 0. The van der Waals surface area contributed by atoms with E-state index in [1.807, 2.05) is 34.9 Å². The minimum atomic E-state index is 0.198. The molecule has 1 unspecified atom stereocenters. The summed E-state index contributed by atoms with van der Waals surface area (Å²) < 4.78 is 3.10. The Morgan fingerprint density at radius 2 is 2.21 bits per heavy atom. The van der Waals surface area contributed by atoms with Crippen molar-refractivity contribution in [2.75, 3.05) is 6.54 Å². The van der Waals surface area contributed by atoms with Crippen LogP contribution in [0.15, 0.2) is 45.5 Å². The van der Waals surface area contributed by atoms with Gasteiger partial charge in [0, 0.05) is 17.6 Å². The summed E-state index contributed by atoms with van der Waals surface area (Å²) >= 11 is 6.83. The fourth-order valence-corrected chi connectivity index (χ4v) is 4.36. The minimum absolute atomic E-state index is 0.198. The molecule has 3 aromatic heterocycles. The minimum Gasteiger partial charge on any atom is -0.329 e. The van der Waals surface area contributed by atoms with E-state index in [1.54, 1.807) is 23.1 Å². The number of thiophene rings is 1. The molecule has 98 valence electrons. The van der Waals surface area contributed by atoms with Crippen LogP contribution in [0.5, 0.6) is 0 Å². The van der Waals surface area contributed by atoms with Crippen molar-refractivity contribution in [2.45, 2.75) is 10.4 Å². The molecular weight excluding hydrogens is 344 g/mol. The van der Waals surface area contributed by atoms with Crippen molar-refractivity contribution in [1.29, 1.82) is 0 Å². The molecule has 2 N–H and O–H groups in total. The highest BCUT2D eigenvalue weighted by molar-refractivity contribution is 9.11. The number of nitrogens with two attached hydrogens (primary N) is 1. The van der Waals surface area contributed by atoms with Crippen molar-refractivity contribution in [3.05, 3.63) is 45.2 Å². The topological polar surface area (TPSA) is 56.2 Å². The molecule has 7 heteroatoms. The van der Waals surface area contributed by atoms with Crippen LogP contribution in [0.2, 0.25) is 0 Å². The van der Waals surface area contributed by atoms with Gasteiger partial charge in [-0.3, -0.25) is 4.40 Å². The lowest BCUT2D eigenvalue weighted by Gasteiger charge is -2.10. The van der Waals surface area contributed by atoms with Crippen LogP contribution < -0.4 is 5.73 Å². The van der Waals surface area contributed by atoms with Crippen LogP contribution in [-0.4, -0.2) is 21.1 Å². The second-order valence-electron chi connectivity index (χ2n) is 3.90. The quantitative estimate of drug-likeness (QED) is 0.730. The van der Waals surface area contributed by atoms with Gasteiger partial charge in [-0.25, -0.2) is 0 Å². The Morgan fingerprint density at radius 1 is 1.32 bits per heavy atom. The van der Waals surface area contributed by atoms with Crippen LogP contribution in [0, 0.1) is 0 Å². The summed E-state index contributed by atoms with van der Waals surface area (Å²) in [6.07, 6.45) is 1.97. The maximum atomic E-state index is 5.89. The van der Waals surface area contributed by atoms with Crippen LogP contribution in [0.25, 0.3) is 5.65 Å². The number of fused-ring (bicyclic) bond motifs is 1. The van der Waals surface area contributed by atoms with Gasteiger partial charge in [-0.15, -0.1) is 21.5 Å². The first-order valence-corrected chi connectivity index (χ1v) is 8.18. The van der Waals surface area contributed by atoms with Gasteiger partial charge in [-0.2, -0.15) is 0 Å². The number of pyridine rings is 1.